The quantitative estimate of drug-likeness (QED) is 0.716. The molecule has 0 aliphatic carbocycles. The predicted molar refractivity (Wildman–Crippen MR) is 88.1 cm³/mol. The maximum absolute atomic E-state index is 13.2. The average molecular weight is 431 g/mol. The molecular formula is C16H12F2INO3. The van der Waals surface area contributed by atoms with Crippen LogP contribution in [0.5, 0.6) is 0 Å². The Balaban J connectivity index is 2.14. The highest BCUT2D eigenvalue weighted by molar-refractivity contribution is 14.1. The number of carbonyl (C=O) groups excluding carboxylic acids is 1. The summed E-state index contributed by atoms with van der Waals surface area (Å²) in [5, 5.41) is 11.6. The lowest BCUT2D eigenvalue weighted by Gasteiger charge is -2.15. The molecule has 0 saturated heterocycles. The van der Waals surface area contributed by atoms with Gasteiger partial charge in [0.25, 0.3) is 5.91 Å². The minimum absolute atomic E-state index is 0.0849. The SMILES string of the molecule is O=C(N[C@H](Cc1cccc(I)c1)C(=O)O)c1ccc(F)c(F)c1. The zero-order valence-electron chi connectivity index (χ0n) is 11.7. The first kappa shape index (κ1) is 17.3. The van der Waals surface area contributed by atoms with E-state index in [4.69, 9.17) is 0 Å². The van der Waals surface area contributed by atoms with E-state index in [2.05, 4.69) is 27.9 Å². The van der Waals surface area contributed by atoms with Crippen LogP contribution in [0.15, 0.2) is 42.5 Å². The van der Waals surface area contributed by atoms with Gasteiger partial charge in [-0.15, -0.1) is 0 Å². The summed E-state index contributed by atoms with van der Waals surface area (Å²) in [6.07, 6.45) is 0.0849. The van der Waals surface area contributed by atoms with E-state index in [0.29, 0.717) is 0 Å². The van der Waals surface area contributed by atoms with Gasteiger partial charge in [0.05, 0.1) is 0 Å². The molecule has 1 atom stereocenters. The lowest BCUT2D eigenvalue weighted by atomic mass is 10.1. The highest BCUT2D eigenvalue weighted by atomic mass is 127. The Labute approximate surface area is 144 Å². The standard InChI is InChI=1S/C16H12F2INO3/c17-12-5-4-10(8-13(12)18)15(21)20-14(16(22)23)7-9-2-1-3-11(19)6-9/h1-6,8,14H,7H2,(H,20,21)(H,22,23)/t14-/m1/s1. The second kappa shape index (κ2) is 7.49. The fourth-order valence-corrected chi connectivity index (χ4v) is 2.59. The van der Waals surface area contributed by atoms with Crippen molar-refractivity contribution < 1.29 is 23.5 Å². The summed E-state index contributed by atoms with van der Waals surface area (Å²) in [7, 11) is 0. The summed E-state index contributed by atoms with van der Waals surface area (Å²) in [4.78, 5) is 23.3. The van der Waals surface area contributed by atoms with Crippen molar-refractivity contribution >= 4 is 34.5 Å². The molecule has 0 unspecified atom stereocenters. The van der Waals surface area contributed by atoms with Crippen molar-refractivity contribution in [3.8, 4) is 0 Å². The third-order valence-electron chi connectivity index (χ3n) is 3.11. The van der Waals surface area contributed by atoms with Crippen LogP contribution >= 0.6 is 22.6 Å². The molecule has 7 heteroatoms. The molecule has 0 aliphatic heterocycles. The summed E-state index contributed by atoms with van der Waals surface area (Å²) in [6.45, 7) is 0. The maximum Gasteiger partial charge on any atom is 0.326 e. The molecule has 2 N–H and O–H groups in total. The van der Waals surface area contributed by atoms with Crippen LogP contribution < -0.4 is 5.32 Å². The molecule has 2 aromatic carbocycles. The van der Waals surface area contributed by atoms with Crippen LogP contribution in [0.25, 0.3) is 0 Å². The van der Waals surface area contributed by atoms with Crippen molar-refractivity contribution in [3.05, 3.63) is 68.8 Å². The summed E-state index contributed by atoms with van der Waals surface area (Å²) >= 11 is 2.10. The second-order valence-corrected chi connectivity index (χ2v) is 6.07. The summed E-state index contributed by atoms with van der Waals surface area (Å²) < 4.78 is 27.0. The summed E-state index contributed by atoms with van der Waals surface area (Å²) in [5.41, 5.74) is 0.604. The number of aliphatic carboxylic acids is 1. The van der Waals surface area contributed by atoms with Crippen molar-refractivity contribution in [2.24, 2.45) is 0 Å². The normalized spacial score (nSPS) is 11.8. The smallest absolute Gasteiger partial charge is 0.326 e. The van der Waals surface area contributed by atoms with Crippen LogP contribution in [0.2, 0.25) is 0 Å². The Kier molecular flexibility index (Phi) is 5.64. The largest absolute Gasteiger partial charge is 0.480 e. The van der Waals surface area contributed by atoms with Gasteiger partial charge in [0.2, 0.25) is 0 Å². The molecule has 0 aromatic heterocycles. The minimum Gasteiger partial charge on any atom is -0.480 e. The van der Waals surface area contributed by atoms with Crippen molar-refractivity contribution in [2.75, 3.05) is 0 Å². The number of halogens is 3. The van der Waals surface area contributed by atoms with E-state index in [1.807, 2.05) is 6.07 Å². The number of carboxylic acid groups (broad SMARTS) is 1. The molecule has 4 nitrogen and oxygen atoms in total. The van der Waals surface area contributed by atoms with Crippen molar-refractivity contribution in [1.82, 2.24) is 5.32 Å². The third-order valence-corrected chi connectivity index (χ3v) is 3.79. The molecule has 0 bridgehead atoms. The van der Waals surface area contributed by atoms with Gasteiger partial charge in [0, 0.05) is 15.6 Å². The summed E-state index contributed by atoms with van der Waals surface area (Å²) in [6, 6.07) is 8.68. The topological polar surface area (TPSA) is 66.4 Å². The molecular weight excluding hydrogens is 419 g/mol. The molecule has 0 fully saturated rings. The maximum atomic E-state index is 13.2. The van der Waals surface area contributed by atoms with E-state index in [0.717, 1.165) is 27.3 Å². The first-order chi connectivity index (χ1) is 10.9. The van der Waals surface area contributed by atoms with Gasteiger partial charge in [-0.3, -0.25) is 4.79 Å². The van der Waals surface area contributed by atoms with E-state index in [9.17, 15) is 23.5 Å². The van der Waals surface area contributed by atoms with Crippen molar-refractivity contribution in [1.29, 1.82) is 0 Å². The highest BCUT2D eigenvalue weighted by Crippen LogP contribution is 2.12. The van der Waals surface area contributed by atoms with E-state index in [-0.39, 0.29) is 12.0 Å². The van der Waals surface area contributed by atoms with Gasteiger partial charge in [-0.1, -0.05) is 12.1 Å². The molecule has 0 aliphatic rings. The Morgan fingerprint density at radius 3 is 2.48 bits per heavy atom. The lowest BCUT2D eigenvalue weighted by molar-refractivity contribution is -0.139. The lowest BCUT2D eigenvalue weighted by Crippen LogP contribution is -2.42. The average Bonchev–Trinajstić information content (AvgIpc) is 2.49. The minimum atomic E-state index is -1.21. The number of nitrogens with one attached hydrogen (secondary N) is 1. The predicted octanol–water partition coefficient (Wildman–Crippen LogP) is 3.00. The Morgan fingerprint density at radius 2 is 1.87 bits per heavy atom. The van der Waals surface area contributed by atoms with Crippen molar-refractivity contribution in [2.45, 2.75) is 12.5 Å². The first-order valence-electron chi connectivity index (χ1n) is 6.60. The number of hydrogen-bond acceptors (Lipinski definition) is 2. The zero-order valence-corrected chi connectivity index (χ0v) is 13.9. The number of amides is 1. The molecule has 23 heavy (non-hydrogen) atoms. The number of hydrogen-bond donors (Lipinski definition) is 2. The van der Waals surface area contributed by atoms with Gasteiger partial charge in [0.1, 0.15) is 6.04 Å². The molecule has 2 aromatic rings. The third kappa shape index (κ3) is 4.72. The van der Waals surface area contributed by atoms with Gasteiger partial charge in [-0.25, -0.2) is 13.6 Å². The van der Waals surface area contributed by atoms with Crippen LogP contribution in [0.1, 0.15) is 15.9 Å². The Morgan fingerprint density at radius 1 is 1.13 bits per heavy atom. The number of carboxylic acids is 1. The van der Waals surface area contributed by atoms with Gasteiger partial charge >= 0.3 is 5.97 Å². The van der Waals surface area contributed by atoms with Crippen LogP contribution in [0.3, 0.4) is 0 Å². The van der Waals surface area contributed by atoms with E-state index in [1.54, 1.807) is 18.2 Å². The second-order valence-electron chi connectivity index (χ2n) is 4.83. The van der Waals surface area contributed by atoms with E-state index in [1.165, 1.54) is 0 Å². The molecule has 0 saturated carbocycles. The molecule has 0 spiro atoms. The zero-order chi connectivity index (χ0) is 17.0. The van der Waals surface area contributed by atoms with Gasteiger partial charge in [0.15, 0.2) is 11.6 Å². The summed E-state index contributed by atoms with van der Waals surface area (Å²) in [5.74, 6) is -4.22. The van der Waals surface area contributed by atoms with Crippen molar-refractivity contribution in [3.63, 3.8) is 0 Å². The monoisotopic (exact) mass is 431 g/mol. The molecule has 2 rings (SSSR count). The highest BCUT2D eigenvalue weighted by Gasteiger charge is 2.21. The number of benzene rings is 2. The van der Waals surface area contributed by atoms with Crippen LogP contribution in [0, 0.1) is 15.2 Å². The van der Waals surface area contributed by atoms with Gasteiger partial charge < -0.3 is 10.4 Å². The van der Waals surface area contributed by atoms with E-state index < -0.39 is 29.6 Å². The molecule has 1 amide bonds. The van der Waals surface area contributed by atoms with Crippen LogP contribution in [-0.2, 0) is 11.2 Å². The van der Waals surface area contributed by atoms with Gasteiger partial charge in [-0.2, -0.15) is 0 Å². The van der Waals surface area contributed by atoms with Gasteiger partial charge in [-0.05, 0) is 58.5 Å². The van der Waals surface area contributed by atoms with Crippen LogP contribution in [0.4, 0.5) is 8.78 Å². The fourth-order valence-electron chi connectivity index (χ4n) is 1.98. The fraction of sp³-hybridized carbons (Fsp3) is 0.125. The molecule has 120 valence electrons. The van der Waals surface area contributed by atoms with Crippen LogP contribution in [-0.4, -0.2) is 23.0 Å². The molecule has 0 heterocycles. The Hall–Kier alpha value is -2.03. The van der Waals surface area contributed by atoms with E-state index >= 15 is 0 Å². The number of rotatable bonds is 5. The number of carbonyl (C=O) groups is 2. The first-order valence-corrected chi connectivity index (χ1v) is 7.68. The molecule has 0 radical (unpaired) electrons. The Bertz CT molecular complexity index is 752.